The van der Waals surface area contributed by atoms with E-state index in [2.05, 4.69) is 21.3 Å². The van der Waals surface area contributed by atoms with Gasteiger partial charge in [-0.3, -0.25) is 14.6 Å². The van der Waals surface area contributed by atoms with Crippen molar-refractivity contribution in [3.05, 3.63) is 113 Å². The summed E-state index contributed by atoms with van der Waals surface area (Å²) in [5.41, 5.74) is 4.65. The van der Waals surface area contributed by atoms with E-state index in [0.717, 1.165) is 22.4 Å². The van der Waals surface area contributed by atoms with Crippen LogP contribution in [0.2, 0.25) is 0 Å². The van der Waals surface area contributed by atoms with Crippen LogP contribution >= 0.6 is 0 Å². The monoisotopic (exact) mass is 635 g/mol. The first-order chi connectivity index (χ1) is 22.5. The van der Waals surface area contributed by atoms with Crippen molar-refractivity contribution < 1.29 is 19.5 Å². The summed E-state index contributed by atoms with van der Waals surface area (Å²) >= 11 is 0. The van der Waals surface area contributed by atoms with Gasteiger partial charge >= 0.3 is 6.03 Å². The standard InChI is InChI=1S/C36H41N7O4/c1-36(2)30-21-37-33(29(30)22-43(36)35(47)41-31(23-44)24-10-6-5-7-11-24)39-27-12-8-13-28(20-27)40-34(46)25-15-17-26(18-16-25)38-32(45)14-9-19-42(3)4/h5-18,20,31,44H,19,21-23H2,1-4H3,(H,37,39)(H,38,45)(H,40,46)(H,41,47)/b14-9+/t31-/m1/s1. The van der Waals surface area contributed by atoms with Crippen LogP contribution in [0.15, 0.2) is 107 Å². The fourth-order valence-corrected chi connectivity index (χ4v) is 5.61. The number of hydrogen-bond acceptors (Lipinski definition) is 7. The van der Waals surface area contributed by atoms with Gasteiger partial charge in [0.15, 0.2) is 0 Å². The number of urea groups is 1. The largest absolute Gasteiger partial charge is 0.394 e. The molecule has 0 spiro atoms. The van der Waals surface area contributed by atoms with Gasteiger partial charge in [-0.25, -0.2) is 4.79 Å². The molecule has 3 aromatic carbocycles. The Bertz CT molecular complexity index is 1710. The minimum atomic E-state index is -0.569. The topological polar surface area (TPSA) is 138 Å². The second-order valence-corrected chi connectivity index (χ2v) is 12.3. The summed E-state index contributed by atoms with van der Waals surface area (Å²) in [4.78, 5) is 47.0. The number of aliphatic hydroxyl groups is 1. The summed E-state index contributed by atoms with van der Waals surface area (Å²) in [5.74, 6) is 0.159. The zero-order chi connectivity index (χ0) is 33.6. The fraction of sp³-hybridized carbons (Fsp3) is 0.278. The van der Waals surface area contributed by atoms with E-state index in [9.17, 15) is 19.5 Å². The SMILES string of the molecule is CN(C)C/C=C/C(=O)Nc1ccc(C(=O)Nc2cccc(NC3=NCC4=C3CN(C(=O)N[C@H](CO)c3ccccc3)C4(C)C)c2)cc1. The van der Waals surface area contributed by atoms with Gasteiger partial charge in [0.25, 0.3) is 5.91 Å². The van der Waals surface area contributed by atoms with Gasteiger partial charge in [-0.15, -0.1) is 0 Å². The Morgan fingerprint density at radius 3 is 2.38 bits per heavy atom. The second-order valence-electron chi connectivity index (χ2n) is 12.3. The molecule has 4 amide bonds. The fourth-order valence-electron chi connectivity index (χ4n) is 5.61. The Hall–Kier alpha value is -5.26. The van der Waals surface area contributed by atoms with E-state index in [0.29, 0.717) is 42.4 Å². The van der Waals surface area contributed by atoms with Gasteiger partial charge in [0, 0.05) is 40.8 Å². The molecule has 3 aromatic rings. The first kappa shape index (κ1) is 33.1. The average molecular weight is 636 g/mol. The smallest absolute Gasteiger partial charge is 0.318 e. The van der Waals surface area contributed by atoms with E-state index in [1.807, 2.05) is 81.4 Å². The zero-order valence-electron chi connectivity index (χ0n) is 27.1. The molecule has 11 nitrogen and oxygen atoms in total. The summed E-state index contributed by atoms with van der Waals surface area (Å²) in [7, 11) is 3.85. The molecule has 2 heterocycles. The Morgan fingerprint density at radius 2 is 1.68 bits per heavy atom. The lowest BCUT2D eigenvalue weighted by Crippen LogP contribution is -2.51. The van der Waals surface area contributed by atoms with Crippen LogP contribution in [-0.4, -0.2) is 84.5 Å². The van der Waals surface area contributed by atoms with Gasteiger partial charge in [-0.2, -0.15) is 0 Å². The number of benzene rings is 3. The van der Waals surface area contributed by atoms with E-state index in [1.54, 1.807) is 41.3 Å². The predicted molar refractivity (Wildman–Crippen MR) is 186 cm³/mol. The van der Waals surface area contributed by atoms with Gasteiger partial charge in [0.2, 0.25) is 5.91 Å². The van der Waals surface area contributed by atoms with Crippen molar-refractivity contribution >= 4 is 40.7 Å². The van der Waals surface area contributed by atoms with Crippen LogP contribution in [0, 0.1) is 0 Å². The number of carbonyl (C=O) groups excluding carboxylic acids is 3. The van der Waals surface area contributed by atoms with Crippen LogP contribution in [-0.2, 0) is 4.79 Å². The predicted octanol–water partition coefficient (Wildman–Crippen LogP) is 4.65. The van der Waals surface area contributed by atoms with Crippen LogP contribution in [0.4, 0.5) is 21.9 Å². The molecule has 0 saturated carbocycles. The maximum atomic E-state index is 13.4. The highest BCUT2D eigenvalue weighted by molar-refractivity contribution is 6.12. The number of rotatable bonds is 10. The van der Waals surface area contributed by atoms with Gasteiger partial charge in [0.1, 0.15) is 5.84 Å². The Balaban J connectivity index is 1.19. The molecule has 1 atom stereocenters. The first-order valence-corrected chi connectivity index (χ1v) is 15.5. The maximum absolute atomic E-state index is 13.4. The number of nitrogens with zero attached hydrogens (tertiary/aromatic N) is 3. The quantitative estimate of drug-likeness (QED) is 0.206. The molecule has 0 bridgehead atoms. The third-order valence-corrected chi connectivity index (χ3v) is 8.24. The lowest BCUT2D eigenvalue weighted by molar-refractivity contribution is -0.111. The molecule has 11 heteroatoms. The molecule has 0 aromatic heterocycles. The number of aliphatic hydroxyl groups excluding tert-OH is 1. The molecular weight excluding hydrogens is 594 g/mol. The molecule has 2 aliphatic rings. The summed E-state index contributed by atoms with van der Waals surface area (Å²) < 4.78 is 0. The molecule has 0 saturated heterocycles. The van der Waals surface area contributed by atoms with Gasteiger partial charge in [-0.05, 0) is 81.5 Å². The number of amidine groups is 1. The molecule has 0 fully saturated rings. The van der Waals surface area contributed by atoms with Gasteiger partial charge in [-0.1, -0.05) is 42.5 Å². The van der Waals surface area contributed by atoms with Crippen LogP contribution in [0.1, 0.15) is 35.8 Å². The lowest BCUT2D eigenvalue weighted by atomic mass is 9.94. The Morgan fingerprint density at radius 1 is 0.957 bits per heavy atom. The number of hydrogen-bond donors (Lipinski definition) is 5. The number of anilines is 3. The molecule has 0 unspecified atom stereocenters. The molecular formula is C36H41N7O4. The van der Waals surface area contributed by atoms with Gasteiger partial charge in [0.05, 0.1) is 31.3 Å². The number of aliphatic imine (C=N–C) groups is 1. The van der Waals surface area contributed by atoms with Crippen molar-refractivity contribution in [3.63, 3.8) is 0 Å². The molecule has 47 heavy (non-hydrogen) atoms. The Labute approximate surface area is 275 Å². The van der Waals surface area contributed by atoms with Crippen molar-refractivity contribution in [2.24, 2.45) is 4.99 Å². The molecule has 0 radical (unpaired) electrons. The maximum Gasteiger partial charge on any atom is 0.318 e. The third-order valence-electron chi connectivity index (χ3n) is 8.24. The first-order valence-electron chi connectivity index (χ1n) is 15.5. The number of amides is 4. The summed E-state index contributed by atoms with van der Waals surface area (Å²) in [5, 5.41) is 22.0. The van der Waals surface area contributed by atoms with Crippen LogP contribution in [0.25, 0.3) is 0 Å². The van der Waals surface area contributed by atoms with Crippen molar-refractivity contribution in [1.82, 2.24) is 15.1 Å². The lowest BCUT2D eigenvalue weighted by Gasteiger charge is -2.35. The number of nitrogens with one attached hydrogen (secondary N) is 4. The van der Waals surface area contributed by atoms with Crippen molar-refractivity contribution in [2.45, 2.75) is 25.4 Å². The third kappa shape index (κ3) is 7.94. The van der Waals surface area contributed by atoms with Crippen LogP contribution in [0.3, 0.4) is 0 Å². The zero-order valence-corrected chi connectivity index (χ0v) is 27.1. The van der Waals surface area contributed by atoms with Crippen molar-refractivity contribution in [3.8, 4) is 0 Å². The van der Waals surface area contributed by atoms with E-state index in [4.69, 9.17) is 4.99 Å². The molecule has 0 aliphatic carbocycles. The van der Waals surface area contributed by atoms with E-state index in [-0.39, 0.29) is 24.5 Å². The molecule has 5 N–H and O–H groups in total. The van der Waals surface area contributed by atoms with E-state index >= 15 is 0 Å². The number of likely N-dealkylation sites (N-methyl/N-ethyl adjacent to an activating group) is 1. The van der Waals surface area contributed by atoms with Crippen molar-refractivity contribution in [2.75, 3.05) is 56.3 Å². The molecule has 244 valence electrons. The average Bonchev–Trinajstić information content (AvgIpc) is 3.57. The highest BCUT2D eigenvalue weighted by Crippen LogP contribution is 2.38. The van der Waals surface area contributed by atoms with E-state index < -0.39 is 11.6 Å². The highest BCUT2D eigenvalue weighted by atomic mass is 16.3. The summed E-state index contributed by atoms with van der Waals surface area (Å²) in [6.07, 6.45) is 3.26. The number of carbonyl (C=O) groups is 3. The summed E-state index contributed by atoms with van der Waals surface area (Å²) in [6, 6.07) is 22.7. The van der Waals surface area contributed by atoms with E-state index in [1.165, 1.54) is 6.08 Å². The highest BCUT2D eigenvalue weighted by Gasteiger charge is 2.45. The minimum Gasteiger partial charge on any atom is -0.394 e. The Kier molecular flexibility index (Phi) is 10.2. The van der Waals surface area contributed by atoms with Crippen LogP contribution < -0.4 is 21.3 Å². The minimum absolute atomic E-state index is 0.211. The summed E-state index contributed by atoms with van der Waals surface area (Å²) in [6.45, 7) is 5.29. The second kappa shape index (κ2) is 14.4. The van der Waals surface area contributed by atoms with Crippen LogP contribution in [0.5, 0.6) is 0 Å². The van der Waals surface area contributed by atoms with Gasteiger partial charge < -0.3 is 36.2 Å². The molecule has 5 rings (SSSR count). The van der Waals surface area contributed by atoms with Crippen molar-refractivity contribution in [1.29, 1.82) is 0 Å². The molecule has 2 aliphatic heterocycles. The normalized spacial score (nSPS) is 15.8.